The molecule has 0 aliphatic carbocycles. The van der Waals surface area contributed by atoms with Crippen molar-refractivity contribution in [2.24, 2.45) is 0 Å². The van der Waals surface area contributed by atoms with E-state index >= 15 is 0 Å². The summed E-state index contributed by atoms with van der Waals surface area (Å²) in [5.41, 5.74) is 10.7. The van der Waals surface area contributed by atoms with Gasteiger partial charge in [0.15, 0.2) is 0 Å². The molecule has 98 valence electrons. The number of halogens is 1. The van der Waals surface area contributed by atoms with Crippen LogP contribution in [-0.4, -0.2) is 11.4 Å². The molecule has 0 atom stereocenters. The zero-order chi connectivity index (χ0) is 13.2. The summed E-state index contributed by atoms with van der Waals surface area (Å²) in [4.78, 5) is 2.35. The summed E-state index contributed by atoms with van der Waals surface area (Å²) >= 11 is 0. The molecule has 2 N–H and O–H groups in total. The van der Waals surface area contributed by atoms with Gasteiger partial charge in [0.05, 0.1) is 0 Å². The van der Waals surface area contributed by atoms with E-state index in [0.29, 0.717) is 0 Å². The number of anilines is 1. The monoisotopic (exact) mass is 256 g/mol. The molecule has 1 heterocycles. The van der Waals surface area contributed by atoms with Crippen molar-refractivity contribution in [3.63, 3.8) is 0 Å². The molecule has 0 unspecified atom stereocenters. The van der Waals surface area contributed by atoms with E-state index in [9.17, 15) is 4.39 Å². The Bertz CT molecular complexity index is 578. The first-order valence-electron chi connectivity index (χ1n) is 6.55. The molecule has 1 aliphatic rings. The van der Waals surface area contributed by atoms with Gasteiger partial charge >= 0.3 is 0 Å². The number of hydrogen-bond donors (Lipinski definition) is 1. The first-order valence-corrected chi connectivity index (χ1v) is 6.55. The summed E-state index contributed by atoms with van der Waals surface area (Å²) in [5.74, 6) is -0.183. The highest BCUT2D eigenvalue weighted by atomic mass is 19.1. The Morgan fingerprint density at radius 1 is 1.11 bits per heavy atom. The molecule has 0 fully saturated rings. The van der Waals surface area contributed by atoms with E-state index in [1.807, 2.05) is 24.3 Å². The fraction of sp³-hybridized carbons (Fsp3) is 0.250. The molecule has 0 aromatic heterocycles. The lowest BCUT2D eigenvalue weighted by Gasteiger charge is -2.29. The van der Waals surface area contributed by atoms with Gasteiger partial charge in [-0.3, -0.25) is 4.90 Å². The van der Waals surface area contributed by atoms with Gasteiger partial charge < -0.3 is 5.73 Å². The maximum atomic E-state index is 12.9. The second-order valence-electron chi connectivity index (χ2n) is 5.07. The highest BCUT2D eigenvalue weighted by Crippen LogP contribution is 2.25. The van der Waals surface area contributed by atoms with Crippen molar-refractivity contribution in [1.29, 1.82) is 0 Å². The van der Waals surface area contributed by atoms with Crippen molar-refractivity contribution in [2.45, 2.75) is 19.5 Å². The van der Waals surface area contributed by atoms with Gasteiger partial charge in [-0.15, -0.1) is 0 Å². The Kier molecular flexibility index (Phi) is 3.22. The number of nitrogens with two attached hydrogens (primary N) is 1. The van der Waals surface area contributed by atoms with Gasteiger partial charge in [0.25, 0.3) is 0 Å². The Hall–Kier alpha value is -1.87. The molecule has 2 nitrogen and oxygen atoms in total. The topological polar surface area (TPSA) is 29.3 Å². The van der Waals surface area contributed by atoms with Crippen LogP contribution in [0.2, 0.25) is 0 Å². The molecule has 3 heteroatoms. The van der Waals surface area contributed by atoms with E-state index in [1.165, 1.54) is 23.3 Å². The Balaban J connectivity index is 1.75. The lowest BCUT2D eigenvalue weighted by atomic mass is 9.98. The fourth-order valence-corrected chi connectivity index (χ4v) is 2.65. The summed E-state index contributed by atoms with van der Waals surface area (Å²) in [5, 5.41) is 0. The van der Waals surface area contributed by atoms with Crippen molar-refractivity contribution in [3.8, 4) is 0 Å². The number of benzene rings is 2. The van der Waals surface area contributed by atoms with E-state index in [2.05, 4.69) is 11.0 Å². The van der Waals surface area contributed by atoms with Crippen LogP contribution in [0.15, 0.2) is 42.5 Å². The molecule has 0 amide bonds. The van der Waals surface area contributed by atoms with Gasteiger partial charge in [-0.1, -0.05) is 24.3 Å². The van der Waals surface area contributed by atoms with Crippen molar-refractivity contribution < 1.29 is 4.39 Å². The third kappa shape index (κ3) is 2.61. The fourth-order valence-electron chi connectivity index (χ4n) is 2.65. The minimum atomic E-state index is -0.183. The van der Waals surface area contributed by atoms with Gasteiger partial charge in [0.2, 0.25) is 0 Å². The SMILES string of the molecule is Nc1cccc2c1CN(Cc1ccc(F)cc1)CC2. The standard InChI is InChI=1S/C16H17FN2/c17-14-6-4-12(5-7-14)10-19-9-8-13-2-1-3-16(18)15(13)11-19/h1-7H,8-11,18H2. The average molecular weight is 256 g/mol. The Labute approximate surface area is 112 Å². The van der Waals surface area contributed by atoms with E-state index in [-0.39, 0.29) is 5.82 Å². The minimum absolute atomic E-state index is 0.183. The Morgan fingerprint density at radius 3 is 2.68 bits per heavy atom. The van der Waals surface area contributed by atoms with Crippen LogP contribution in [0.5, 0.6) is 0 Å². The highest BCUT2D eigenvalue weighted by molar-refractivity contribution is 5.51. The Morgan fingerprint density at radius 2 is 1.89 bits per heavy atom. The summed E-state index contributed by atoms with van der Waals surface area (Å²) in [6, 6.07) is 12.9. The second-order valence-corrected chi connectivity index (χ2v) is 5.07. The largest absolute Gasteiger partial charge is 0.398 e. The van der Waals surface area contributed by atoms with Crippen LogP contribution in [0.3, 0.4) is 0 Å². The van der Waals surface area contributed by atoms with Gasteiger partial charge in [0, 0.05) is 25.3 Å². The van der Waals surface area contributed by atoms with Crippen LogP contribution in [0.25, 0.3) is 0 Å². The average Bonchev–Trinajstić information content (AvgIpc) is 2.42. The highest BCUT2D eigenvalue weighted by Gasteiger charge is 2.17. The molecule has 2 aromatic rings. The third-order valence-electron chi connectivity index (χ3n) is 3.71. The van der Waals surface area contributed by atoms with E-state index < -0.39 is 0 Å². The van der Waals surface area contributed by atoms with Crippen molar-refractivity contribution in [2.75, 3.05) is 12.3 Å². The van der Waals surface area contributed by atoms with Crippen LogP contribution >= 0.6 is 0 Å². The third-order valence-corrected chi connectivity index (χ3v) is 3.71. The van der Waals surface area contributed by atoms with Crippen LogP contribution in [0.1, 0.15) is 16.7 Å². The second kappa shape index (κ2) is 5.02. The van der Waals surface area contributed by atoms with E-state index in [4.69, 9.17) is 5.73 Å². The summed E-state index contributed by atoms with van der Waals surface area (Å²) in [6.07, 6.45) is 1.03. The molecular formula is C16H17FN2. The van der Waals surface area contributed by atoms with E-state index in [0.717, 1.165) is 37.3 Å². The van der Waals surface area contributed by atoms with Gasteiger partial charge in [-0.25, -0.2) is 4.39 Å². The van der Waals surface area contributed by atoms with E-state index in [1.54, 1.807) is 0 Å². The molecular weight excluding hydrogens is 239 g/mol. The molecule has 0 spiro atoms. The number of nitrogens with zero attached hydrogens (tertiary/aromatic N) is 1. The first-order chi connectivity index (χ1) is 9.22. The van der Waals surface area contributed by atoms with Crippen LogP contribution in [-0.2, 0) is 19.5 Å². The molecule has 0 saturated heterocycles. The first kappa shape index (κ1) is 12.2. The molecule has 19 heavy (non-hydrogen) atoms. The maximum absolute atomic E-state index is 12.9. The maximum Gasteiger partial charge on any atom is 0.123 e. The predicted octanol–water partition coefficient (Wildman–Crippen LogP) is 2.97. The lowest BCUT2D eigenvalue weighted by molar-refractivity contribution is 0.246. The minimum Gasteiger partial charge on any atom is -0.398 e. The molecule has 3 rings (SSSR count). The van der Waals surface area contributed by atoms with Crippen molar-refractivity contribution in [1.82, 2.24) is 4.90 Å². The molecule has 0 radical (unpaired) electrons. The van der Waals surface area contributed by atoms with Crippen LogP contribution < -0.4 is 5.73 Å². The quantitative estimate of drug-likeness (QED) is 0.837. The van der Waals surface area contributed by atoms with Gasteiger partial charge in [0.1, 0.15) is 5.82 Å². The number of rotatable bonds is 2. The van der Waals surface area contributed by atoms with Crippen LogP contribution in [0.4, 0.5) is 10.1 Å². The molecule has 2 aromatic carbocycles. The molecule has 1 aliphatic heterocycles. The van der Waals surface area contributed by atoms with Crippen molar-refractivity contribution >= 4 is 5.69 Å². The normalized spacial score (nSPS) is 15.2. The summed E-state index contributed by atoms with van der Waals surface area (Å²) in [7, 11) is 0. The zero-order valence-corrected chi connectivity index (χ0v) is 10.8. The lowest BCUT2D eigenvalue weighted by Crippen LogP contribution is -2.30. The number of hydrogen-bond acceptors (Lipinski definition) is 2. The van der Waals surface area contributed by atoms with Gasteiger partial charge in [-0.2, -0.15) is 0 Å². The smallest absolute Gasteiger partial charge is 0.123 e. The predicted molar refractivity (Wildman–Crippen MR) is 75.1 cm³/mol. The molecule has 0 saturated carbocycles. The number of nitrogen functional groups attached to an aromatic ring is 1. The summed E-state index contributed by atoms with van der Waals surface area (Å²) in [6.45, 7) is 2.74. The zero-order valence-electron chi connectivity index (χ0n) is 10.8. The van der Waals surface area contributed by atoms with Crippen LogP contribution in [0, 0.1) is 5.82 Å². The van der Waals surface area contributed by atoms with Gasteiger partial charge in [-0.05, 0) is 41.3 Å². The van der Waals surface area contributed by atoms with Crippen molar-refractivity contribution in [3.05, 3.63) is 65.0 Å². The molecule has 0 bridgehead atoms. The number of fused-ring (bicyclic) bond motifs is 1. The summed E-state index contributed by atoms with van der Waals surface area (Å²) < 4.78 is 12.9.